The highest BCUT2D eigenvalue weighted by molar-refractivity contribution is 5.61. The van der Waals surface area contributed by atoms with Crippen LogP contribution in [0.5, 0.6) is 0 Å². The Hall–Kier alpha value is -1.24. The van der Waals surface area contributed by atoms with Gasteiger partial charge in [0.15, 0.2) is 6.61 Å². The summed E-state index contributed by atoms with van der Waals surface area (Å²) in [4.78, 5) is 10.3. The Labute approximate surface area is 77.2 Å². The van der Waals surface area contributed by atoms with Crippen molar-refractivity contribution in [2.45, 2.75) is 12.7 Å². The molecule has 4 nitrogen and oxygen atoms in total. The zero-order chi connectivity index (χ0) is 10.6. The van der Waals surface area contributed by atoms with Gasteiger partial charge in [0.05, 0.1) is 0 Å². The van der Waals surface area contributed by atoms with E-state index in [-0.39, 0.29) is 12.7 Å². The summed E-state index contributed by atoms with van der Waals surface area (Å²) < 4.78 is 48.9. The van der Waals surface area contributed by atoms with E-state index >= 15 is 0 Å². The van der Waals surface area contributed by atoms with Crippen LogP contribution >= 0.6 is 0 Å². The Morgan fingerprint density at radius 3 is 2.93 bits per heavy atom. The predicted octanol–water partition coefficient (Wildman–Crippen LogP) is 1.61. The van der Waals surface area contributed by atoms with Crippen LogP contribution in [-0.4, -0.2) is 32.1 Å². The van der Waals surface area contributed by atoms with Gasteiger partial charge in [-0.2, -0.15) is 0 Å². The van der Waals surface area contributed by atoms with Crippen LogP contribution in [0.25, 0.3) is 0 Å². The van der Waals surface area contributed by atoms with Crippen LogP contribution in [0.1, 0.15) is 0 Å². The number of ether oxygens (including phenoxy) is 3. The quantitative estimate of drug-likeness (QED) is 0.664. The second kappa shape index (κ2) is 4.85. The highest BCUT2D eigenvalue weighted by Gasteiger charge is 2.25. The second-order valence-electron chi connectivity index (χ2n) is 2.37. The number of alkyl halides is 2. The molecule has 80 valence electrons. The van der Waals surface area contributed by atoms with Gasteiger partial charge in [-0.1, -0.05) is 0 Å². The summed E-state index contributed by atoms with van der Waals surface area (Å²) in [5.41, 5.74) is 0. The molecule has 1 unspecified atom stereocenters. The van der Waals surface area contributed by atoms with E-state index in [1.807, 2.05) is 0 Å². The first-order valence-corrected chi connectivity index (χ1v) is 3.67. The molecule has 1 fully saturated rings. The number of hydrogen-bond acceptors (Lipinski definition) is 4. The highest BCUT2D eigenvalue weighted by Crippen LogP contribution is 2.10. The molecule has 0 amide bonds. The van der Waals surface area contributed by atoms with Gasteiger partial charge < -0.3 is 14.2 Å². The lowest BCUT2D eigenvalue weighted by Crippen LogP contribution is -2.15. The van der Waals surface area contributed by atoms with E-state index in [2.05, 4.69) is 14.2 Å². The minimum absolute atomic E-state index is 0.109. The van der Waals surface area contributed by atoms with E-state index in [4.69, 9.17) is 0 Å². The largest absolute Gasteiger partial charge is 0.510 e. The molecule has 7 heteroatoms. The summed E-state index contributed by atoms with van der Waals surface area (Å²) in [6.07, 6.45) is -4.72. The molecular formula is C7H7F3O4. The molecule has 0 aromatic rings. The van der Waals surface area contributed by atoms with Gasteiger partial charge in [-0.05, 0) is 0 Å². The number of carbonyl (C=O) groups excluding carboxylic acids is 1. The molecule has 1 heterocycles. The predicted molar refractivity (Wildman–Crippen MR) is 37.4 cm³/mol. The number of rotatable bonds is 4. The van der Waals surface area contributed by atoms with Crippen LogP contribution < -0.4 is 0 Å². The molecule has 0 N–H and O–H groups in total. The number of cyclic esters (lactones) is 2. The van der Waals surface area contributed by atoms with Gasteiger partial charge in [0, 0.05) is 6.08 Å². The average molecular weight is 212 g/mol. The molecule has 0 aliphatic carbocycles. The van der Waals surface area contributed by atoms with Crippen molar-refractivity contribution >= 4 is 6.16 Å². The van der Waals surface area contributed by atoms with Gasteiger partial charge in [0.25, 0.3) is 6.43 Å². The van der Waals surface area contributed by atoms with Crippen molar-refractivity contribution in [2.75, 3.05) is 13.2 Å². The van der Waals surface area contributed by atoms with Crippen LogP contribution in [0.3, 0.4) is 0 Å². The van der Waals surface area contributed by atoms with Crippen LogP contribution in [0.2, 0.25) is 0 Å². The third kappa shape index (κ3) is 3.65. The molecule has 1 atom stereocenters. The molecule has 0 aromatic carbocycles. The Bertz CT molecular complexity index is 241. The molecule has 14 heavy (non-hydrogen) atoms. The van der Waals surface area contributed by atoms with E-state index < -0.39 is 31.3 Å². The van der Waals surface area contributed by atoms with Crippen molar-refractivity contribution in [3.63, 3.8) is 0 Å². The number of carbonyl (C=O) groups is 1. The minimum Gasteiger partial charge on any atom is -0.428 e. The first kappa shape index (κ1) is 10.8. The van der Waals surface area contributed by atoms with Crippen LogP contribution in [0, 0.1) is 0 Å². The monoisotopic (exact) mass is 212 g/mol. The van der Waals surface area contributed by atoms with Crippen molar-refractivity contribution in [1.82, 2.24) is 0 Å². The molecule has 0 radical (unpaired) electrons. The Morgan fingerprint density at radius 1 is 1.71 bits per heavy atom. The number of allylic oxidation sites excluding steroid dienone is 1. The minimum atomic E-state index is -2.87. The summed E-state index contributed by atoms with van der Waals surface area (Å²) in [6.45, 7) is -0.841. The zero-order valence-corrected chi connectivity index (χ0v) is 6.91. The second-order valence-corrected chi connectivity index (χ2v) is 2.37. The maximum absolute atomic E-state index is 12.5. The van der Waals surface area contributed by atoms with Crippen molar-refractivity contribution in [3.05, 3.63) is 11.9 Å². The lowest BCUT2D eigenvalue weighted by molar-refractivity contribution is -0.0725. The topological polar surface area (TPSA) is 44.8 Å². The summed E-state index contributed by atoms with van der Waals surface area (Å²) in [7, 11) is 0. The first-order chi connectivity index (χ1) is 6.58. The van der Waals surface area contributed by atoms with Gasteiger partial charge in [-0.25, -0.2) is 18.0 Å². The molecular weight excluding hydrogens is 205 g/mol. The fraction of sp³-hybridized carbons (Fsp3) is 0.571. The van der Waals surface area contributed by atoms with Crippen molar-refractivity contribution in [1.29, 1.82) is 0 Å². The molecule has 0 spiro atoms. The first-order valence-electron chi connectivity index (χ1n) is 3.67. The lowest BCUT2D eigenvalue weighted by Gasteiger charge is -2.06. The maximum Gasteiger partial charge on any atom is 0.510 e. The third-order valence-electron chi connectivity index (χ3n) is 1.28. The molecule has 0 bridgehead atoms. The van der Waals surface area contributed by atoms with E-state index in [1.54, 1.807) is 0 Å². The Morgan fingerprint density at radius 2 is 2.43 bits per heavy atom. The van der Waals surface area contributed by atoms with Gasteiger partial charge in [-0.3, -0.25) is 0 Å². The van der Waals surface area contributed by atoms with Crippen LogP contribution in [-0.2, 0) is 14.2 Å². The van der Waals surface area contributed by atoms with Gasteiger partial charge in [-0.15, -0.1) is 0 Å². The van der Waals surface area contributed by atoms with Gasteiger partial charge in [0.1, 0.15) is 12.4 Å². The standard InChI is InChI=1S/C7H7F3O4/c8-4(1-5(9)10)2-12-6-3-13-7(11)14-6/h1,5-6H,2-3H2/b4-1+. The van der Waals surface area contributed by atoms with E-state index in [9.17, 15) is 18.0 Å². The summed E-state index contributed by atoms with van der Waals surface area (Å²) in [5.74, 6) is -1.12. The van der Waals surface area contributed by atoms with E-state index in [0.717, 1.165) is 0 Å². The smallest absolute Gasteiger partial charge is 0.428 e. The fourth-order valence-corrected chi connectivity index (χ4v) is 0.751. The average Bonchev–Trinajstić information content (AvgIpc) is 2.47. The molecule has 0 aromatic heterocycles. The van der Waals surface area contributed by atoms with Gasteiger partial charge >= 0.3 is 6.16 Å². The summed E-state index contributed by atoms with van der Waals surface area (Å²) in [6, 6.07) is 0. The maximum atomic E-state index is 12.5. The molecule has 1 aliphatic heterocycles. The lowest BCUT2D eigenvalue weighted by atomic mass is 10.5. The number of hydrogen-bond donors (Lipinski definition) is 0. The summed E-state index contributed by atoms with van der Waals surface area (Å²) >= 11 is 0. The summed E-state index contributed by atoms with van der Waals surface area (Å²) in [5, 5.41) is 0. The highest BCUT2D eigenvalue weighted by atomic mass is 19.3. The fourth-order valence-electron chi connectivity index (χ4n) is 0.751. The molecule has 1 rings (SSSR count). The zero-order valence-electron chi connectivity index (χ0n) is 6.91. The molecule has 1 saturated heterocycles. The van der Waals surface area contributed by atoms with Crippen molar-refractivity contribution in [2.24, 2.45) is 0 Å². The Balaban J connectivity index is 2.23. The van der Waals surface area contributed by atoms with Gasteiger partial charge in [0.2, 0.25) is 6.29 Å². The number of halogens is 3. The normalized spacial score (nSPS) is 22.4. The third-order valence-corrected chi connectivity index (χ3v) is 1.28. The van der Waals surface area contributed by atoms with E-state index in [0.29, 0.717) is 0 Å². The molecule has 1 aliphatic rings. The van der Waals surface area contributed by atoms with Crippen molar-refractivity contribution in [3.8, 4) is 0 Å². The van der Waals surface area contributed by atoms with Crippen molar-refractivity contribution < 1.29 is 32.2 Å². The van der Waals surface area contributed by atoms with Crippen LogP contribution in [0.4, 0.5) is 18.0 Å². The molecule has 0 saturated carbocycles. The van der Waals surface area contributed by atoms with E-state index in [1.165, 1.54) is 0 Å². The Kier molecular flexibility index (Phi) is 3.75. The van der Waals surface area contributed by atoms with Crippen LogP contribution in [0.15, 0.2) is 11.9 Å². The SMILES string of the molecule is O=C1OCC(OC/C(F)=C\C(F)F)O1.